The van der Waals surface area contributed by atoms with Crippen molar-refractivity contribution >= 4 is 0 Å². The maximum absolute atomic E-state index is 9.24. The predicted octanol–water partition coefficient (Wildman–Crippen LogP) is -0.934. The van der Waals surface area contributed by atoms with Crippen LogP contribution in [0.5, 0.6) is 0 Å². The minimum absolute atomic E-state index is 0.222. The van der Waals surface area contributed by atoms with Crippen LogP contribution in [-0.4, -0.2) is 36.8 Å². The van der Waals surface area contributed by atoms with Crippen molar-refractivity contribution in [3.05, 3.63) is 0 Å². The maximum Gasteiger partial charge on any atom is 0.175 e. The van der Waals surface area contributed by atoms with Crippen LogP contribution in [0.1, 0.15) is 6.92 Å². The number of ether oxygens (including phenoxy) is 2. The molecule has 0 amide bonds. The molecule has 1 aliphatic rings. The van der Waals surface area contributed by atoms with Gasteiger partial charge in [-0.2, -0.15) is 0 Å². The Morgan fingerprint density at radius 3 is 2.40 bits per heavy atom. The van der Waals surface area contributed by atoms with Gasteiger partial charge in [-0.25, -0.2) is 0 Å². The Hall–Kier alpha value is -0.160. The lowest BCUT2D eigenvalue weighted by Gasteiger charge is -2.12. The van der Waals surface area contributed by atoms with Crippen LogP contribution in [0.2, 0.25) is 0 Å². The SMILES string of the molecule is CO[C@H]1O[C@H](C)[C@@H](O)[C@@H]1N. The van der Waals surface area contributed by atoms with Crippen LogP contribution in [0.15, 0.2) is 0 Å². The third kappa shape index (κ3) is 1.15. The van der Waals surface area contributed by atoms with Gasteiger partial charge in [0.05, 0.1) is 18.2 Å². The molecule has 4 nitrogen and oxygen atoms in total. The van der Waals surface area contributed by atoms with Gasteiger partial charge in [-0.05, 0) is 6.92 Å². The first-order valence-corrected chi connectivity index (χ1v) is 3.28. The molecular formula is C6H13NO3. The lowest BCUT2D eigenvalue weighted by atomic mass is 10.1. The molecule has 3 N–H and O–H groups in total. The van der Waals surface area contributed by atoms with Gasteiger partial charge in [0.1, 0.15) is 0 Å². The fourth-order valence-electron chi connectivity index (χ4n) is 1.07. The summed E-state index contributed by atoms with van der Waals surface area (Å²) < 4.78 is 9.99. The van der Waals surface area contributed by atoms with Gasteiger partial charge in [0.25, 0.3) is 0 Å². The highest BCUT2D eigenvalue weighted by atomic mass is 16.7. The van der Waals surface area contributed by atoms with Gasteiger partial charge in [0, 0.05) is 7.11 Å². The Kier molecular flexibility index (Phi) is 2.25. The molecule has 0 aromatic heterocycles. The smallest absolute Gasteiger partial charge is 0.175 e. The van der Waals surface area contributed by atoms with E-state index >= 15 is 0 Å². The standard InChI is InChI=1S/C6H13NO3/c1-3-5(8)4(7)6(9-2)10-3/h3-6,8H,7H2,1-2H3/t3-,4+,5-,6+/m1/s1. The molecule has 1 aliphatic heterocycles. The van der Waals surface area contributed by atoms with Crippen LogP contribution in [0.4, 0.5) is 0 Å². The predicted molar refractivity (Wildman–Crippen MR) is 35.3 cm³/mol. The van der Waals surface area contributed by atoms with Crippen molar-refractivity contribution in [3.8, 4) is 0 Å². The fourth-order valence-corrected chi connectivity index (χ4v) is 1.07. The normalized spacial score (nSPS) is 48.0. The third-order valence-electron chi connectivity index (χ3n) is 1.77. The maximum atomic E-state index is 9.24. The first kappa shape index (κ1) is 7.94. The van der Waals surface area contributed by atoms with Crippen molar-refractivity contribution in [3.63, 3.8) is 0 Å². The molecule has 4 heteroatoms. The van der Waals surface area contributed by atoms with E-state index in [1.807, 2.05) is 0 Å². The summed E-state index contributed by atoms with van der Waals surface area (Å²) in [6.45, 7) is 1.77. The Morgan fingerprint density at radius 2 is 2.20 bits per heavy atom. The molecule has 0 unspecified atom stereocenters. The molecule has 0 radical (unpaired) electrons. The van der Waals surface area contributed by atoms with Crippen molar-refractivity contribution in [2.24, 2.45) is 5.73 Å². The Labute approximate surface area is 59.9 Å². The number of hydrogen-bond acceptors (Lipinski definition) is 4. The quantitative estimate of drug-likeness (QED) is 0.502. The zero-order valence-electron chi connectivity index (χ0n) is 6.15. The van der Waals surface area contributed by atoms with Gasteiger partial charge in [-0.15, -0.1) is 0 Å². The van der Waals surface area contributed by atoms with E-state index in [0.717, 1.165) is 0 Å². The third-order valence-corrected chi connectivity index (χ3v) is 1.77. The monoisotopic (exact) mass is 147 g/mol. The molecule has 0 aliphatic carbocycles. The number of aliphatic hydroxyl groups excluding tert-OH is 1. The van der Waals surface area contributed by atoms with E-state index in [2.05, 4.69) is 0 Å². The highest BCUT2D eigenvalue weighted by Crippen LogP contribution is 2.18. The van der Waals surface area contributed by atoms with Crippen molar-refractivity contribution in [1.29, 1.82) is 0 Å². The number of rotatable bonds is 1. The summed E-state index contributed by atoms with van der Waals surface area (Å²) in [4.78, 5) is 0. The van der Waals surface area contributed by atoms with E-state index in [1.165, 1.54) is 7.11 Å². The zero-order valence-corrected chi connectivity index (χ0v) is 6.15. The molecule has 10 heavy (non-hydrogen) atoms. The summed E-state index contributed by atoms with van der Waals surface area (Å²) in [6.07, 6.45) is -1.28. The number of methoxy groups -OCH3 is 1. The average molecular weight is 147 g/mol. The van der Waals surface area contributed by atoms with Gasteiger partial charge in [-0.3, -0.25) is 0 Å². The van der Waals surface area contributed by atoms with E-state index in [9.17, 15) is 5.11 Å². The average Bonchev–Trinajstić information content (AvgIpc) is 2.17. The highest BCUT2D eigenvalue weighted by molar-refractivity contribution is 4.86. The summed E-state index contributed by atoms with van der Waals surface area (Å²) in [5.74, 6) is 0. The summed E-state index contributed by atoms with van der Waals surface area (Å²) in [5.41, 5.74) is 5.52. The van der Waals surface area contributed by atoms with Gasteiger partial charge >= 0.3 is 0 Å². The van der Waals surface area contributed by atoms with E-state index < -0.39 is 18.4 Å². The van der Waals surface area contributed by atoms with Gasteiger partial charge in [0.2, 0.25) is 0 Å². The molecule has 0 spiro atoms. The van der Waals surface area contributed by atoms with Gasteiger partial charge < -0.3 is 20.3 Å². The molecule has 0 bridgehead atoms. The van der Waals surface area contributed by atoms with Crippen molar-refractivity contribution < 1.29 is 14.6 Å². The van der Waals surface area contributed by atoms with Crippen molar-refractivity contribution in [1.82, 2.24) is 0 Å². The molecule has 4 atom stereocenters. The Bertz CT molecular complexity index is 120. The van der Waals surface area contributed by atoms with Gasteiger partial charge in [0.15, 0.2) is 6.29 Å². The largest absolute Gasteiger partial charge is 0.389 e. The van der Waals surface area contributed by atoms with E-state index in [1.54, 1.807) is 6.92 Å². The molecule has 1 fully saturated rings. The lowest BCUT2D eigenvalue weighted by Crippen LogP contribution is -2.40. The van der Waals surface area contributed by atoms with Crippen LogP contribution in [0.25, 0.3) is 0 Å². The number of aliphatic hydroxyl groups is 1. The van der Waals surface area contributed by atoms with Crippen molar-refractivity contribution in [2.75, 3.05) is 7.11 Å². The van der Waals surface area contributed by atoms with Crippen LogP contribution in [0, 0.1) is 0 Å². The zero-order chi connectivity index (χ0) is 7.72. The van der Waals surface area contributed by atoms with E-state index in [0.29, 0.717) is 0 Å². The van der Waals surface area contributed by atoms with Crippen LogP contribution in [-0.2, 0) is 9.47 Å². The highest BCUT2D eigenvalue weighted by Gasteiger charge is 2.38. The molecule has 0 aromatic rings. The summed E-state index contributed by atoms with van der Waals surface area (Å²) >= 11 is 0. The second-order valence-corrected chi connectivity index (χ2v) is 2.51. The topological polar surface area (TPSA) is 64.7 Å². The fraction of sp³-hybridized carbons (Fsp3) is 1.00. The summed E-state index contributed by atoms with van der Waals surface area (Å²) in [5, 5.41) is 9.24. The molecule has 0 saturated carbocycles. The van der Waals surface area contributed by atoms with Crippen LogP contribution >= 0.6 is 0 Å². The second kappa shape index (κ2) is 2.84. The first-order chi connectivity index (χ1) is 4.66. The molecule has 1 rings (SSSR count). The first-order valence-electron chi connectivity index (χ1n) is 3.28. The summed E-state index contributed by atoms with van der Waals surface area (Å²) in [7, 11) is 1.51. The Balaban J connectivity index is 2.53. The van der Waals surface area contributed by atoms with Crippen LogP contribution < -0.4 is 5.73 Å². The van der Waals surface area contributed by atoms with Crippen LogP contribution in [0.3, 0.4) is 0 Å². The molecule has 60 valence electrons. The lowest BCUT2D eigenvalue weighted by molar-refractivity contribution is -0.117. The minimum atomic E-state index is -0.607. The molecule has 1 heterocycles. The van der Waals surface area contributed by atoms with Gasteiger partial charge in [-0.1, -0.05) is 0 Å². The molecule has 1 saturated heterocycles. The van der Waals surface area contributed by atoms with E-state index in [-0.39, 0.29) is 6.10 Å². The minimum Gasteiger partial charge on any atom is -0.389 e. The number of nitrogens with two attached hydrogens (primary N) is 1. The molecular weight excluding hydrogens is 134 g/mol. The summed E-state index contributed by atoms with van der Waals surface area (Å²) in [6, 6.07) is -0.417. The number of hydrogen-bond donors (Lipinski definition) is 2. The molecule has 0 aromatic carbocycles. The second-order valence-electron chi connectivity index (χ2n) is 2.51. The Morgan fingerprint density at radius 1 is 1.60 bits per heavy atom. The van der Waals surface area contributed by atoms with E-state index in [4.69, 9.17) is 15.2 Å². The van der Waals surface area contributed by atoms with Crippen molar-refractivity contribution in [2.45, 2.75) is 31.5 Å².